The van der Waals surface area contributed by atoms with E-state index in [1.165, 1.54) is 43.0 Å². The lowest BCUT2D eigenvalue weighted by molar-refractivity contribution is 0.295. The van der Waals surface area contributed by atoms with Crippen LogP contribution in [-0.2, 0) is 0 Å². The number of amidine groups is 1. The van der Waals surface area contributed by atoms with Gasteiger partial charge in [-0.3, -0.25) is 4.99 Å². The van der Waals surface area contributed by atoms with E-state index in [4.69, 9.17) is 16.6 Å². The Morgan fingerprint density at radius 2 is 2.19 bits per heavy atom. The largest absolute Gasteiger partial charge is 0.321 e. The number of nitrogens with zero attached hydrogens (tertiary/aromatic N) is 2. The second-order valence-electron chi connectivity index (χ2n) is 4.85. The molecule has 4 heteroatoms. The van der Waals surface area contributed by atoms with Crippen LogP contribution in [0.25, 0.3) is 0 Å². The van der Waals surface area contributed by atoms with Crippen LogP contribution in [0.1, 0.15) is 32.1 Å². The van der Waals surface area contributed by atoms with Crippen molar-refractivity contribution in [2.75, 3.05) is 12.4 Å². The van der Waals surface area contributed by atoms with E-state index in [0.29, 0.717) is 11.9 Å². The third-order valence-electron chi connectivity index (χ3n) is 3.85. The van der Waals surface area contributed by atoms with Gasteiger partial charge < -0.3 is 4.90 Å². The second-order valence-corrected chi connectivity index (χ2v) is 5.95. The van der Waals surface area contributed by atoms with Crippen LogP contribution >= 0.6 is 23.4 Å². The van der Waals surface area contributed by atoms with Crippen LogP contribution in [0.15, 0.2) is 16.1 Å². The Bertz CT molecular complexity index is 334. The summed E-state index contributed by atoms with van der Waals surface area (Å²) in [6, 6.07) is 0.537. The normalized spacial score (nSPS) is 30.3. The zero-order valence-electron chi connectivity index (χ0n) is 9.36. The quantitative estimate of drug-likeness (QED) is 0.704. The smallest absolute Gasteiger partial charge is 0.168 e. The summed E-state index contributed by atoms with van der Waals surface area (Å²) in [6.45, 7) is 1.07. The molecule has 0 N–H and O–H groups in total. The minimum absolute atomic E-state index is 0.537. The second kappa shape index (κ2) is 4.61. The number of thioether (sulfide) groups is 1. The summed E-state index contributed by atoms with van der Waals surface area (Å²) in [5, 5.41) is 3.33. The molecule has 2 aliphatic heterocycles. The summed E-state index contributed by atoms with van der Waals surface area (Å²) in [6.07, 6.45) is 6.97. The van der Waals surface area contributed by atoms with Crippen LogP contribution in [0.4, 0.5) is 0 Å². The van der Waals surface area contributed by atoms with Gasteiger partial charge in [0.1, 0.15) is 0 Å². The lowest BCUT2D eigenvalue weighted by Crippen LogP contribution is -2.29. The van der Waals surface area contributed by atoms with E-state index >= 15 is 0 Å². The van der Waals surface area contributed by atoms with Crippen LogP contribution in [0.3, 0.4) is 0 Å². The third kappa shape index (κ3) is 1.88. The monoisotopic (exact) mass is 256 g/mol. The fraction of sp³-hybridized carbons (Fsp3) is 0.750. The van der Waals surface area contributed by atoms with Gasteiger partial charge in [-0.1, -0.05) is 31.0 Å². The van der Waals surface area contributed by atoms with Crippen LogP contribution in [0.2, 0.25) is 0 Å². The van der Waals surface area contributed by atoms with Gasteiger partial charge in [0.05, 0.1) is 11.9 Å². The van der Waals surface area contributed by atoms with Crippen molar-refractivity contribution < 1.29 is 0 Å². The maximum Gasteiger partial charge on any atom is 0.168 e. The van der Waals surface area contributed by atoms with Crippen molar-refractivity contribution in [3.63, 3.8) is 0 Å². The zero-order chi connectivity index (χ0) is 11.0. The SMILES string of the molecule is ClCC1=CSC2=NC(C3CCCCC3)CN12. The van der Waals surface area contributed by atoms with E-state index in [2.05, 4.69) is 10.3 Å². The minimum atomic E-state index is 0.537. The Balaban J connectivity index is 1.67. The van der Waals surface area contributed by atoms with E-state index < -0.39 is 0 Å². The van der Waals surface area contributed by atoms with Gasteiger partial charge in [0.15, 0.2) is 5.17 Å². The van der Waals surface area contributed by atoms with Gasteiger partial charge in [-0.2, -0.15) is 0 Å². The van der Waals surface area contributed by atoms with Gasteiger partial charge >= 0.3 is 0 Å². The van der Waals surface area contributed by atoms with Crippen LogP contribution in [-0.4, -0.2) is 28.5 Å². The van der Waals surface area contributed by atoms with Crippen molar-refractivity contribution in [2.24, 2.45) is 10.9 Å². The maximum atomic E-state index is 5.93. The number of fused-ring (bicyclic) bond motifs is 1. The van der Waals surface area contributed by atoms with Crippen molar-refractivity contribution in [1.29, 1.82) is 0 Å². The summed E-state index contributed by atoms with van der Waals surface area (Å²) in [5.41, 5.74) is 1.24. The maximum absolute atomic E-state index is 5.93. The molecule has 2 nitrogen and oxygen atoms in total. The molecule has 1 saturated carbocycles. The first kappa shape index (κ1) is 11.0. The van der Waals surface area contributed by atoms with Crippen molar-refractivity contribution in [3.8, 4) is 0 Å². The molecule has 0 bridgehead atoms. The van der Waals surface area contributed by atoms with Crippen molar-refractivity contribution in [3.05, 3.63) is 11.1 Å². The number of hydrogen-bond acceptors (Lipinski definition) is 3. The van der Waals surface area contributed by atoms with E-state index in [-0.39, 0.29) is 0 Å². The first-order valence-electron chi connectivity index (χ1n) is 6.15. The Hall–Kier alpha value is -0.150. The molecule has 0 aromatic carbocycles. The summed E-state index contributed by atoms with van der Waals surface area (Å²) in [5.74, 6) is 1.44. The number of rotatable bonds is 2. The van der Waals surface area contributed by atoms with Crippen molar-refractivity contribution >= 4 is 28.5 Å². The molecule has 16 heavy (non-hydrogen) atoms. The third-order valence-corrected chi connectivity index (χ3v) is 5.06. The van der Waals surface area contributed by atoms with Crippen LogP contribution in [0.5, 0.6) is 0 Å². The van der Waals surface area contributed by atoms with E-state index in [9.17, 15) is 0 Å². The van der Waals surface area contributed by atoms with E-state index in [1.807, 2.05) is 0 Å². The number of alkyl halides is 1. The highest BCUT2D eigenvalue weighted by Gasteiger charge is 2.35. The molecule has 3 aliphatic rings. The Labute approximate surface area is 106 Å². The molecule has 88 valence electrons. The first-order chi connectivity index (χ1) is 7.88. The highest BCUT2D eigenvalue weighted by molar-refractivity contribution is 8.16. The Morgan fingerprint density at radius 1 is 1.38 bits per heavy atom. The molecule has 1 aliphatic carbocycles. The lowest BCUT2D eigenvalue weighted by atomic mass is 9.84. The predicted molar refractivity (Wildman–Crippen MR) is 70.9 cm³/mol. The lowest BCUT2D eigenvalue weighted by Gasteiger charge is -2.26. The number of hydrogen-bond donors (Lipinski definition) is 0. The highest BCUT2D eigenvalue weighted by Crippen LogP contribution is 2.37. The summed E-state index contributed by atoms with van der Waals surface area (Å²) >= 11 is 7.67. The molecular formula is C12H17ClN2S. The first-order valence-corrected chi connectivity index (χ1v) is 7.57. The summed E-state index contributed by atoms with van der Waals surface area (Å²) < 4.78 is 0. The molecule has 0 aromatic rings. The fourth-order valence-corrected chi connectivity index (χ4v) is 4.19. The average Bonchev–Trinajstić information content (AvgIpc) is 2.89. The molecule has 2 heterocycles. The molecule has 3 rings (SSSR count). The molecule has 1 fully saturated rings. The van der Waals surface area contributed by atoms with Crippen molar-refractivity contribution in [1.82, 2.24) is 4.90 Å². The molecule has 0 aromatic heterocycles. The van der Waals surface area contributed by atoms with Crippen LogP contribution < -0.4 is 0 Å². The Kier molecular flexibility index (Phi) is 3.16. The molecule has 1 unspecified atom stereocenters. The van der Waals surface area contributed by atoms with Crippen LogP contribution in [0, 0.1) is 5.92 Å². The molecule has 0 radical (unpaired) electrons. The molecule has 0 saturated heterocycles. The average molecular weight is 257 g/mol. The highest BCUT2D eigenvalue weighted by atomic mass is 35.5. The van der Waals surface area contributed by atoms with Gasteiger partial charge in [-0.25, -0.2) is 0 Å². The summed E-state index contributed by atoms with van der Waals surface area (Å²) in [7, 11) is 0. The van der Waals surface area contributed by atoms with Gasteiger partial charge in [-0.15, -0.1) is 11.6 Å². The van der Waals surface area contributed by atoms with E-state index in [1.54, 1.807) is 11.8 Å². The molecule has 0 spiro atoms. The van der Waals surface area contributed by atoms with Crippen molar-refractivity contribution in [2.45, 2.75) is 38.1 Å². The van der Waals surface area contributed by atoms with E-state index in [0.717, 1.165) is 12.5 Å². The zero-order valence-corrected chi connectivity index (χ0v) is 10.9. The van der Waals surface area contributed by atoms with Gasteiger partial charge in [0.2, 0.25) is 0 Å². The minimum Gasteiger partial charge on any atom is -0.321 e. The predicted octanol–water partition coefficient (Wildman–Crippen LogP) is 3.43. The number of allylic oxidation sites excluding steroid dienone is 1. The molecule has 0 amide bonds. The van der Waals surface area contributed by atoms with Gasteiger partial charge in [-0.05, 0) is 24.2 Å². The molecular weight excluding hydrogens is 240 g/mol. The summed E-state index contributed by atoms with van der Waals surface area (Å²) in [4.78, 5) is 7.18. The standard InChI is InChI=1S/C12H17ClN2S/c13-6-10-8-16-12-14-11(7-15(10)12)9-4-2-1-3-5-9/h8-9,11H,1-7H2. The fourth-order valence-electron chi connectivity index (χ4n) is 2.91. The van der Waals surface area contributed by atoms with Gasteiger partial charge in [0, 0.05) is 12.2 Å². The molecule has 1 atom stereocenters. The topological polar surface area (TPSA) is 15.6 Å². The van der Waals surface area contributed by atoms with Gasteiger partial charge in [0.25, 0.3) is 0 Å². The number of aliphatic imine (C=N–C) groups is 1. The number of halogens is 1. The Morgan fingerprint density at radius 3 is 2.94 bits per heavy atom.